The fraction of sp³-hybridized carbons (Fsp3) is 0.333. The van der Waals surface area contributed by atoms with E-state index in [1.165, 1.54) is 5.56 Å². The Bertz CT molecular complexity index is 1160. The number of halogens is 2. The van der Waals surface area contributed by atoms with Crippen molar-refractivity contribution < 1.29 is 14.3 Å². The summed E-state index contributed by atoms with van der Waals surface area (Å²) in [5.74, 6) is 0.144. The maximum absolute atomic E-state index is 13.7. The van der Waals surface area contributed by atoms with E-state index in [4.69, 9.17) is 16.3 Å². The predicted octanol–water partition coefficient (Wildman–Crippen LogP) is 6.60. The van der Waals surface area contributed by atoms with Crippen molar-refractivity contribution in [2.45, 2.75) is 52.1 Å². The van der Waals surface area contributed by atoms with Gasteiger partial charge in [-0.15, -0.1) is 0 Å². The molecule has 5 nitrogen and oxygen atoms in total. The lowest BCUT2D eigenvalue weighted by Gasteiger charge is -2.31. The molecule has 0 saturated heterocycles. The molecule has 2 amide bonds. The number of ether oxygens (including phenoxy) is 1. The number of nitrogens with zero attached hydrogens (tertiary/aromatic N) is 1. The molecule has 3 rings (SSSR count). The van der Waals surface area contributed by atoms with Crippen LogP contribution in [0.4, 0.5) is 0 Å². The average molecular weight is 586 g/mol. The van der Waals surface area contributed by atoms with Crippen molar-refractivity contribution in [2.24, 2.45) is 0 Å². The molecule has 196 valence electrons. The molecule has 3 aromatic carbocycles. The van der Waals surface area contributed by atoms with Crippen LogP contribution in [0.2, 0.25) is 5.02 Å². The number of hydrogen-bond acceptors (Lipinski definition) is 3. The van der Waals surface area contributed by atoms with Crippen LogP contribution in [0.5, 0.6) is 5.75 Å². The summed E-state index contributed by atoms with van der Waals surface area (Å²) in [5, 5.41) is 3.64. The summed E-state index contributed by atoms with van der Waals surface area (Å²) < 4.78 is 6.72. The average Bonchev–Trinajstić information content (AvgIpc) is 2.91. The number of amides is 2. The number of carbonyl (C=O) groups excluding carboxylic acids is 2. The fourth-order valence-corrected chi connectivity index (χ4v) is 4.62. The molecule has 0 unspecified atom stereocenters. The largest absolute Gasteiger partial charge is 0.483 e. The zero-order valence-electron chi connectivity index (χ0n) is 21.4. The highest BCUT2D eigenvalue weighted by Crippen LogP contribution is 2.26. The molecule has 0 heterocycles. The lowest BCUT2D eigenvalue weighted by Crippen LogP contribution is -2.51. The van der Waals surface area contributed by atoms with Crippen LogP contribution in [0.1, 0.15) is 43.4 Å². The lowest BCUT2D eigenvalue weighted by atomic mass is 10.0. The molecule has 0 aliphatic rings. The molecule has 0 spiro atoms. The summed E-state index contributed by atoms with van der Waals surface area (Å²) in [6, 6.07) is 22.2. The molecule has 3 aromatic rings. The van der Waals surface area contributed by atoms with Crippen LogP contribution in [0, 0.1) is 0 Å². The number of carbonyl (C=O) groups is 2. The number of aryl methyl sites for hydroxylation is 1. The van der Waals surface area contributed by atoms with E-state index in [1.807, 2.05) is 60.7 Å². The van der Waals surface area contributed by atoms with Crippen molar-refractivity contribution in [3.05, 3.63) is 99.0 Å². The minimum Gasteiger partial charge on any atom is -0.483 e. The molecule has 1 N–H and O–H groups in total. The first-order valence-corrected chi connectivity index (χ1v) is 13.8. The SMILES string of the molecule is CCCCNC(=O)[C@@H](Cc1ccccc1)N(Cc1ccc(Cl)cc1)C(=O)COc1ccc(CC)cc1Br. The summed E-state index contributed by atoms with van der Waals surface area (Å²) in [4.78, 5) is 28.7. The van der Waals surface area contributed by atoms with Crippen molar-refractivity contribution in [3.63, 3.8) is 0 Å². The first kappa shape index (κ1) is 28.7. The van der Waals surface area contributed by atoms with Gasteiger partial charge in [0.15, 0.2) is 6.61 Å². The molecule has 0 aliphatic carbocycles. The van der Waals surface area contributed by atoms with E-state index in [2.05, 4.69) is 35.1 Å². The van der Waals surface area contributed by atoms with Crippen LogP contribution in [0.25, 0.3) is 0 Å². The Morgan fingerprint density at radius 2 is 1.68 bits per heavy atom. The quantitative estimate of drug-likeness (QED) is 0.230. The van der Waals surface area contributed by atoms with Crippen LogP contribution in [0.3, 0.4) is 0 Å². The third-order valence-electron chi connectivity index (χ3n) is 6.12. The second kappa shape index (κ2) is 14.8. The number of nitrogens with one attached hydrogen (secondary N) is 1. The van der Waals surface area contributed by atoms with Crippen LogP contribution >= 0.6 is 27.5 Å². The van der Waals surface area contributed by atoms with E-state index in [0.717, 1.165) is 34.9 Å². The van der Waals surface area contributed by atoms with Crippen molar-refractivity contribution in [1.82, 2.24) is 10.2 Å². The number of unbranched alkanes of at least 4 members (excludes halogenated alkanes) is 1. The molecule has 1 atom stereocenters. The van der Waals surface area contributed by atoms with Crippen LogP contribution in [-0.4, -0.2) is 35.9 Å². The Morgan fingerprint density at radius 3 is 2.32 bits per heavy atom. The molecule has 0 fully saturated rings. The highest BCUT2D eigenvalue weighted by molar-refractivity contribution is 9.10. The topological polar surface area (TPSA) is 58.6 Å². The van der Waals surface area contributed by atoms with E-state index >= 15 is 0 Å². The molecule has 37 heavy (non-hydrogen) atoms. The maximum Gasteiger partial charge on any atom is 0.261 e. The van der Waals surface area contributed by atoms with E-state index < -0.39 is 6.04 Å². The van der Waals surface area contributed by atoms with Crippen molar-refractivity contribution in [3.8, 4) is 5.75 Å². The van der Waals surface area contributed by atoms with Gasteiger partial charge in [-0.05, 0) is 69.7 Å². The van der Waals surface area contributed by atoms with Crippen molar-refractivity contribution in [2.75, 3.05) is 13.2 Å². The van der Waals surface area contributed by atoms with E-state index in [1.54, 1.807) is 17.0 Å². The van der Waals surface area contributed by atoms with Gasteiger partial charge in [-0.25, -0.2) is 0 Å². The Hall–Kier alpha value is -2.83. The van der Waals surface area contributed by atoms with Gasteiger partial charge in [0, 0.05) is 24.5 Å². The molecule has 7 heteroatoms. The third-order valence-corrected chi connectivity index (χ3v) is 6.99. The molecule has 0 aliphatic heterocycles. The molecule has 0 aromatic heterocycles. The molecule has 0 radical (unpaired) electrons. The molecular weight excluding hydrogens is 552 g/mol. The second-order valence-corrected chi connectivity index (χ2v) is 10.2. The van der Waals surface area contributed by atoms with Gasteiger partial charge in [-0.1, -0.05) is 80.4 Å². The summed E-state index contributed by atoms with van der Waals surface area (Å²) in [6.07, 6.45) is 3.14. The Balaban J connectivity index is 1.88. The zero-order chi connectivity index (χ0) is 26.6. The summed E-state index contributed by atoms with van der Waals surface area (Å²) in [6.45, 7) is 4.79. The summed E-state index contributed by atoms with van der Waals surface area (Å²) in [7, 11) is 0. The first-order valence-electron chi connectivity index (χ1n) is 12.7. The van der Waals surface area contributed by atoms with Crippen LogP contribution < -0.4 is 10.1 Å². The second-order valence-electron chi connectivity index (χ2n) is 8.91. The molecular formula is C30H34BrClN2O3. The van der Waals surface area contributed by atoms with Crippen molar-refractivity contribution >= 4 is 39.3 Å². The van der Waals surface area contributed by atoms with Gasteiger partial charge >= 0.3 is 0 Å². The van der Waals surface area contributed by atoms with Gasteiger partial charge in [-0.2, -0.15) is 0 Å². The van der Waals surface area contributed by atoms with E-state index in [-0.39, 0.29) is 25.0 Å². The lowest BCUT2D eigenvalue weighted by molar-refractivity contribution is -0.142. The Morgan fingerprint density at radius 1 is 0.973 bits per heavy atom. The molecule has 0 saturated carbocycles. The summed E-state index contributed by atoms with van der Waals surface area (Å²) >= 11 is 9.63. The maximum atomic E-state index is 13.7. The van der Waals surface area contributed by atoms with Crippen LogP contribution in [0.15, 0.2) is 77.3 Å². The first-order chi connectivity index (χ1) is 17.9. The summed E-state index contributed by atoms with van der Waals surface area (Å²) in [5.41, 5.74) is 3.03. The van der Waals surface area contributed by atoms with Gasteiger partial charge in [0.2, 0.25) is 5.91 Å². The van der Waals surface area contributed by atoms with Gasteiger partial charge in [0.05, 0.1) is 4.47 Å². The van der Waals surface area contributed by atoms with Crippen LogP contribution in [-0.2, 0) is 29.0 Å². The highest BCUT2D eigenvalue weighted by atomic mass is 79.9. The minimum absolute atomic E-state index is 0.173. The zero-order valence-corrected chi connectivity index (χ0v) is 23.7. The number of rotatable bonds is 13. The smallest absolute Gasteiger partial charge is 0.261 e. The molecule has 0 bridgehead atoms. The van der Waals surface area contributed by atoms with E-state index in [9.17, 15) is 9.59 Å². The van der Waals surface area contributed by atoms with Gasteiger partial charge in [0.25, 0.3) is 5.91 Å². The Labute approximate surface area is 233 Å². The standard InChI is InChI=1S/C30H34BrClN2O3/c1-3-5-17-33-30(36)27(19-23-9-7-6-8-10-23)34(20-24-11-14-25(32)15-12-24)29(35)21-37-28-16-13-22(4-2)18-26(28)31/h6-16,18,27H,3-5,17,19-21H2,1-2H3,(H,33,36)/t27-/m1/s1. The Kier molecular flexibility index (Phi) is 11.5. The number of hydrogen-bond donors (Lipinski definition) is 1. The van der Waals surface area contributed by atoms with Crippen molar-refractivity contribution in [1.29, 1.82) is 0 Å². The van der Waals surface area contributed by atoms with Gasteiger partial charge < -0.3 is 15.0 Å². The highest BCUT2D eigenvalue weighted by Gasteiger charge is 2.30. The van der Waals surface area contributed by atoms with E-state index in [0.29, 0.717) is 23.7 Å². The fourth-order valence-electron chi connectivity index (χ4n) is 3.95. The normalized spacial score (nSPS) is 11.6. The third kappa shape index (κ3) is 8.90. The minimum atomic E-state index is -0.697. The van der Waals surface area contributed by atoms with Gasteiger partial charge in [-0.3, -0.25) is 9.59 Å². The number of benzene rings is 3. The van der Waals surface area contributed by atoms with Gasteiger partial charge in [0.1, 0.15) is 11.8 Å². The monoisotopic (exact) mass is 584 g/mol. The predicted molar refractivity (Wildman–Crippen MR) is 153 cm³/mol.